The minimum atomic E-state index is -0.717. The van der Waals surface area contributed by atoms with Crippen LogP contribution in [0.1, 0.15) is 22.3 Å². The van der Waals surface area contributed by atoms with Crippen molar-refractivity contribution in [1.29, 1.82) is 0 Å². The molecule has 16 rings (SSSR count). The Balaban J connectivity index is 0.888. The van der Waals surface area contributed by atoms with E-state index in [0.717, 1.165) is 122 Å². The topological polar surface area (TPSA) is 74.2 Å². The van der Waals surface area contributed by atoms with Crippen molar-refractivity contribution in [3.05, 3.63) is 271 Å². The van der Waals surface area contributed by atoms with Crippen LogP contribution in [0, 0.1) is 0 Å². The number of ether oxygens (including phenoxy) is 1. The largest absolute Gasteiger partial charge is 0.457 e. The van der Waals surface area contributed by atoms with E-state index in [1.54, 1.807) is 0 Å². The highest BCUT2D eigenvalue weighted by molar-refractivity contribution is 6.17. The maximum Gasteiger partial charge on any atom is 0.164 e. The molecule has 354 valence electrons. The van der Waals surface area contributed by atoms with Crippen molar-refractivity contribution in [1.82, 2.24) is 15.0 Å². The summed E-state index contributed by atoms with van der Waals surface area (Å²) in [6.45, 7) is 0. The minimum absolute atomic E-state index is 0.548. The van der Waals surface area contributed by atoms with Crippen molar-refractivity contribution in [2.75, 3.05) is 0 Å². The number of nitrogens with zero attached hydrogens (tertiary/aromatic N) is 3. The van der Waals surface area contributed by atoms with Gasteiger partial charge in [0.2, 0.25) is 0 Å². The second-order valence-electron chi connectivity index (χ2n) is 19.7. The zero-order valence-corrected chi connectivity index (χ0v) is 40.7. The number of fused-ring (bicyclic) bond motifs is 15. The molecule has 0 saturated heterocycles. The third-order valence-electron chi connectivity index (χ3n) is 15.7. The summed E-state index contributed by atoms with van der Waals surface area (Å²) in [5, 5.41) is 4.03. The second kappa shape index (κ2) is 16.4. The van der Waals surface area contributed by atoms with E-state index in [1.165, 1.54) is 16.7 Å². The number of benzene rings is 11. The quantitative estimate of drug-likeness (QED) is 0.165. The van der Waals surface area contributed by atoms with E-state index in [-0.39, 0.29) is 0 Å². The molecule has 76 heavy (non-hydrogen) atoms. The maximum absolute atomic E-state index is 6.97. The highest BCUT2D eigenvalue weighted by atomic mass is 16.5. The average Bonchev–Trinajstić information content (AvgIpc) is 4.32. The standard InChI is InChI=1S/C70H41N3O3/c1-3-17-42(18-4-1)43-35-37-44(38-36-43)46-39-40-57-62(41-46)74-60-33-12-10-30-56(60)70(57)55-29-9-7-22-51(55)63-53(27-15-31-58(63)70)68-71-67(45-19-5-2-6-20-45)72-69(73-68)54-28-16-34-61-64(54)52-26-14-25-50(66(52)76-61)49-24-13-23-48-47-21-8-11-32-59(47)75-65(48)49/h1-41H. The summed E-state index contributed by atoms with van der Waals surface area (Å²) in [5.74, 6) is 3.35. The Hall–Kier alpha value is -10.2. The van der Waals surface area contributed by atoms with Gasteiger partial charge in [-0.3, -0.25) is 0 Å². The Morgan fingerprint density at radius 2 is 0.789 bits per heavy atom. The van der Waals surface area contributed by atoms with Gasteiger partial charge in [-0.1, -0.05) is 224 Å². The minimum Gasteiger partial charge on any atom is -0.457 e. The molecule has 0 amide bonds. The normalized spacial score (nSPS) is 14.2. The molecule has 1 aliphatic carbocycles. The van der Waals surface area contributed by atoms with Gasteiger partial charge in [0.1, 0.15) is 33.8 Å². The van der Waals surface area contributed by atoms with Crippen molar-refractivity contribution in [2.24, 2.45) is 0 Å². The van der Waals surface area contributed by atoms with Crippen LogP contribution in [-0.4, -0.2) is 15.0 Å². The van der Waals surface area contributed by atoms with Crippen LogP contribution in [0.4, 0.5) is 0 Å². The van der Waals surface area contributed by atoms with Crippen LogP contribution in [-0.2, 0) is 5.41 Å². The number of furan rings is 2. The smallest absolute Gasteiger partial charge is 0.164 e. The van der Waals surface area contributed by atoms with Crippen molar-refractivity contribution in [2.45, 2.75) is 5.41 Å². The van der Waals surface area contributed by atoms with Crippen molar-refractivity contribution in [3.8, 4) is 90.2 Å². The van der Waals surface area contributed by atoms with Gasteiger partial charge in [-0.15, -0.1) is 0 Å². The summed E-state index contributed by atoms with van der Waals surface area (Å²) < 4.78 is 20.4. The number of rotatable bonds is 6. The molecule has 1 atom stereocenters. The van der Waals surface area contributed by atoms with Crippen LogP contribution in [0.5, 0.6) is 11.5 Å². The van der Waals surface area contributed by atoms with E-state index in [1.807, 2.05) is 42.5 Å². The average molecular weight is 972 g/mol. The Morgan fingerprint density at radius 3 is 1.61 bits per heavy atom. The molecule has 2 aliphatic rings. The molecule has 0 radical (unpaired) electrons. The zero-order valence-electron chi connectivity index (χ0n) is 40.7. The van der Waals surface area contributed by atoms with Crippen LogP contribution in [0.3, 0.4) is 0 Å². The van der Waals surface area contributed by atoms with Gasteiger partial charge >= 0.3 is 0 Å². The molecule has 0 N–H and O–H groups in total. The fraction of sp³-hybridized carbons (Fsp3) is 0.0143. The fourth-order valence-electron chi connectivity index (χ4n) is 12.3. The van der Waals surface area contributed by atoms with Crippen molar-refractivity contribution in [3.63, 3.8) is 0 Å². The number of para-hydroxylation sites is 4. The fourth-order valence-corrected chi connectivity index (χ4v) is 12.3. The molecule has 1 unspecified atom stereocenters. The van der Waals surface area contributed by atoms with E-state index in [9.17, 15) is 0 Å². The highest BCUT2D eigenvalue weighted by Gasteiger charge is 2.52. The van der Waals surface area contributed by atoms with Gasteiger partial charge in [0.05, 0.1) is 5.41 Å². The Bertz CT molecular complexity index is 4670. The first kappa shape index (κ1) is 42.3. The Labute approximate surface area is 436 Å². The van der Waals surface area contributed by atoms with Gasteiger partial charge in [-0.2, -0.15) is 0 Å². The van der Waals surface area contributed by atoms with Gasteiger partial charge in [0, 0.05) is 60.5 Å². The van der Waals surface area contributed by atoms with E-state index in [2.05, 4.69) is 206 Å². The van der Waals surface area contributed by atoms with Gasteiger partial charge in [-0.05, 0) is 68.8 Å². The van der Waals surface area contributed by atoms with E-state index < -0.39 is 5.41 Å². The Kier molecular flexibility index (Phi) is 9.15. The molecule has 0 saturated carbocycles. The van der Waals surface area contributed by atoms with Gasteiger partial charge in [0.15, 0.2) is 17.5 Å². The molecule has 0 fully saturated rings. The van der Waals surface area contributed by atoms with Gasteiger partial charge in [-0.25, -0.2) is 15.0 Å². The molecule has 14 aromatic rings. The molecule has 3 aromatic heterocycles. The summed E-state index contributed by atoms with van der Waals surface area (Å²) in [5.41, 5.74) is 18.3. The van der Waals surface area contributed by atoms with E-state index >= 15 is 0 Å². The van der Waals surface area contributed by atoms with Crippen molar-refractivity contribution >= 4 is 43.9 Å². The molecular formula is C70H41N3O3. The first-order valence-electron chi connectivity index (χ1n) is 25.7. The number of aromatic nitrogens is 3. The third kappa shape index (κ3) is 6.19. The van der Waals surface area contributed by atoms with Crippen molar-refractivity contribution < 1.29 is 13.6 Å². The molecule has 11 aromatic carbocycles. The molecule has 4 heterocycles. The summed E-state index contributed by atoms with van der Waals surface area (Å²) in [6.07, 6.45) is 0. The molecular weight excluding hydrogens is 931 g/mol. The second-order valence-corrected chi connectivity index (χ2v) is 19.7. The molecule has 1 aliphatic heterocycles. The lowest BCUT2D eigenvalue weighted by Crippen LogP contribution is -2.32. The number of hydrogen-bond acceptors (Lipinski definition) is 6. The van der Waals surface area contributed by atoms with Gasteiger partial charge in [0.25, 0.3) is 0 Å². The summed E-state index contributed by atoms with van der Waals surface area (Å²) in [7, 11) is 0. The molecule has 1 spiro atoms. The first-order valence-corrected chi connectivity index (χ1v) is 25.7. The van der Waals surface area contributed by atoms with Crippen LogP contribution in [0.15, 0.2) is 258 Å². The monoisotopic (exact) mass is 971 g/mol. The zero-order chi connectivity index (χ0) is 49.9. The maximum atomic E-state index is 6.97. The summed E-state index contributed by atoms with van der Waals surface area (Å²) in [4.78, 5) is 16.2. The SMILES string of the molecule is c1ccc(-c2ccc(-c3ccc4c(c3)Oc3ccccc3C43c4ccccc4-c4c(-c5nc(-c6ccccc6)nc(-c6cccc7oc8c(-c9cccc%10c9oc9ccccc9%10)cccc8c67)n5)cccc43)cc2)cc1. The third-order valence-corrected chi connectivity index (χ3v) is 15.7. The Morgan fingerprint density at radius 1 is 0.289 bits per heavy atom. The van der Waals surface area contributed by atoms with Crippen LogP contribution in [0.25, 0.3) is 123 Å². The lowest BCUT2D eigenvalue weighted by molar-refractivity contribution is 0.436. The van der Waals surface area contributed by atoms with Crippen LogP contribution in [0.2, 0.25) is 0 Å². The summed E-state index contributed by atoms with van der Waals surface area (Å²) in [6, 6.07) is 87.1. The first-order chi connectivity index (χ1) is 37.7. The molecule has 0 bridgehead atoms. The number of hydrogen-bond donors (Lipinski definition) is 0. The molecule has 6 heteroatoms. The summed E-state index contributed by atoms with van der Waals surface area (Å²) >= 11 is 0. The highest BCUT2D eigenvalue weighted by Crippen LogP contribution is 2.63. The van der Waals surface area contributed by atoms with E-state index in [4.69, 9.17) is 28.5 Å². The van der Waals surface area contributed by atoms with E-state index in [0.29, 0.717) is 17.5 Å². The van der Waals surface area contributed by atoms with Gasteiger partial charge < -0.3 is 13.6 Å². The predicted octanol–water partition coefficient (Wildman–Crippen LogP) is 18.1. The lowest BCUT2D eigenvalue weighted by atomic mass is 9.66. The van der Waals surface area contributed by atoms with Crippen LogP contribution >= 0.6 is 0 Å². The molecule has 6 nitrogen and oxygen atoms in total. The van der Waals surface area contributed by atoms with Crippen LogP contribution < -0.4 is 4.74 Å². The lowest BCUT2D eigenvalue weighted by Gasteiger charge is -2.39. The predicted molar refractivity (Wildman–Crippen MR) is 304 cm³/mol.